The van der Waals surface area contributed by atoms with Crippen molar-refractivity contribution in [1.29, 1.82) is 0 Å². The third-order valence-corrected chi connectivity index (χ3v) is 10.2. The van der Waals surface area contributed by atoms with E-state index >= 15 is 8.78 Å². The number of aryl methyl sites for hydroxylation is 1. The fourth-order valence-electron chi connectivity index (χ4n) is 7.51. The highest BCUT2D eigenvalue weighted by Crippen LogP contribution is 2.45. The highest BCUT2D eigenvalue weighted by molar-refractivity contribution is 5.66. The minimum absolute atomic E-state index is 0.0129. The fourth-order valence-corrected chi connectivity index (χ4v) is 7.51. The van der Waals surface area contributed by atoms with Crippen LogP contribution in [0.25, 0.3) is 11.1 Å². The highest BCUT2D eigenvalue weighted by Gasteiger charge is 2.33. The maximum atomic E-state index is 15.1. The van der Waals surface area contributed by atoms with Crippen molar-refractivity contribution in [2.75, 3.05) is 13.2 Å². The van der Waals surface area contributed by atoms with Crippen molar-refractivity contribution >= 4 is 0 Å². The molecule has 5 rings (SSSR count). The minimum atomic E-state index is -1.26. The van der Waals surface area contributed by atoms with E-state index in [1.54, 1.807) is 13.0 Å². The Morgan fingerprint density at radius 3 is 1.80 bits per heavy atom. The Morgan fingerprint density at radius 1 is 0.587 bits per heavy atom. The van der Waals surface area contributed by atoms with Crippen LogP contribution in [-0.4, -0.2) is 13.2 Å². The van der Waals surface area contributed by atoms with Gasteiger partial charge in [0.25, 0.3) is 0 Å². The smallest absolute Gasteiger partial charge is 0.201 e. The predicted octanol–water partition coefficient (Wildman–Crippen LogP) is 11.5. The monoisotopic (exact) mass is 646 g/mol. The Hall–Kier alpha value is -3.16. The lowest BCUT2D eigenvalue weighted by atomic mass is 9.68. The summed E-state index contributed by atoms with van der Waals surface area (Å²) >= 11 is 0. The van der Waals surface area contributed by atoms with Gasteiger partial charge in [0.05, 0.1) is 13.2 Å². The number of hydrogen-bond donors (Lipinski definition) is 0. The van der Waals surface area contributed by atoms with Gasteiger partial charge in [0.1, 0.15) is 0 Å². The Kier molecular flexibility index (Phi) is 11.6. The summed E-state index contributed by atoms with van der Waals surface area (Å²) in [6, 6.07) is 8.47. The van der Waals surface area contributed by atoms with E-state index in [0.29, 0.717) is 36.2 Å². The van der Waals surface area contributed by atoms with Crippen molar-refractivity contribution in [3.05, 3.63) is 82.4 Å². The summed E-state index contributed by atoms with van der Waals surface area (Å²) < 4.78 is 99.3. The van der Waals surface area contributed by atoms with Gasteiger partial charge in [-0.3, -0.25) is 0 Å². The summed E-state index contributed by atoms with van der Waals surface area (Å²) in [4.78, 5) is 0. The average Bonchev–Trinajstić information content (AvgIpc) is 3.07. The molecular formula is C38H44F6O2. The predicted molar refractivity (Wildman–Crippen MR) is 168 cm³/mol. The Morgan fingerprint density at radius 2 is 1.15 bits per heavy atom. The van der Waals surface area contributed by atoms with Crippen LogP contribution in [0, 0.1) is 52.7 Å². The normalized spacial score (nSPS) is 21.7. The third kappa shape index (κ3) is 7.52. The molecule has 0 unspecified atom stereocenters. The van der Waals surface area contributed by atoms with Gasteiger partial charge in [-0.1, -0.05) is 44.4 Å². The van der Waals surface area contributed by atoms with Crippen molar-refractivity contribution in [3.8, 4) is 22.6 Å². The van der Waals surface area contributed by atoms with Crippen LogP contribution in [0.15, 0.2) is 36.4 Å². The van der Waals surface area contributed by atoms with Crippen molar-refractivity contribution in [2.24, 2.45) is 17.8 Å². The van der Waals surface area contributed by atoms with Gasteiger partial charge in [0.15, 0.2) is 34.8 Å². The topological polar surface area (TPSA) is 18.5 Å². The molecule has 0 saturated heterocycles. The van der Waals surface area contributed by atoms with Crippen molar-refractivity contribution < 1.29 is 35.8 Å². The average molecular weight is 647 g/mol. The Bertz CT molecular complexity index is 1470. The lowest BCUT2D eigenvalue weighted by Gasteiger charge is -2.38. The van der Waals surface area contributed by atoms with E-state index in [1.165, 1.54) is 30.3 Å². The Balaban J connectivity index is 1.11. The van der Waals surface area contributed by atoms with Gasteiger partial charge >= 0.3 is 0 Å². The van der Waals surface area contributed by atoms with Gasteiger partial charge in [-0.25, -0.2) is 17.6 Å². The first kappa shape index (κ1) is 34.2. The van der Waals surface area contributed by atoms with Crippen LogP contribution >= 0.6 is 0 Å². The van der Waals surface area contributed by atoms with Crippen LogP contribution in [0.1, 0.15) is 102 Å². The van der Waals surface area contributed by atoms with E-state index in [-0.39, 0.29) is 47.3 Å². The third-order valence-electron chi connectivity index (χ3n) is 10.2. The molecule has 250 valence electrons. The van der Waals surface area contributed by atoms with Crippen molar-refractivity contribution in [3.63, 3.8) is 0 Å². The zero-order valence-electron chi connectivity index (χ0n) is 26.8. The van der Waals surface area contributed by atoms with E-state index in [2.05, 4.69) is 0 Å². The largest absolute Gasteiger partial charge is 0.491 e. The molecule has 0 amide bonds. The molecule has 2 aliphatic carbocycles. The molecule has 2 aliphatic rings. The lowest BCUT2D eigenvalue weighted by Crippen LogP contribution is -2.26. The van der Waals surface area contributed by atoms with E-state index in [9.17, 15) is 17.6 Å². The van der Waals surface area contributed by atoms with E-state index in [4.69, 9.17) is 9.47 Å². The first-order valence-corrected chi connectivity index (χ1v) is 16.9. The van der Waals surface area contributed by atoms with Gasteiger partial charge in [-0.2, -0.15) is 8.78 Å². The van der Waals surface area contributed by atoms with Gasteiger partial charge in [-0.05, 0) is 118 Å². The van der Waals surface area contributed by atoms with Gasteiger partial charge in [0.2, 0.25) is 11.6 Å². The summed E-state index contributed by atoms with van der Waals surface area (Å²) in [6.07, 6.45) is 10.5. The van der Waals surface area contributed by atoms with Gasteiger partial charge in [0, 0.05) is 11.1 Å². The molecule has 0 atom stereocenters. The maximum absolute atomic E-state index is 15.1. The summed E-state index contributed by atoms with van der Waals surface area (Å²) in [5.41, 5.74) is 0.0262. The number of hydrogen-bond acceptors (Lipinski definition) is 2. The molecule has 0 radical (unpaired) electrons. The molecule has 2 fully saturated rings. The molecule has 0 aromatic heterocycles. The minimum Gasteiger partial charge on any atom is -0.491 e. The zero-order chi connectivity index (χ0) is 32.8. The lowest BCUT2D eigenvalue weighted by molar-refractivity contribution is 0.156. The van der Waals surface area contributed by atoms with Gasteiger partial charge in [-0.15, -0.1) is 0 Å². The van der Waals surface area contributed by atoms with E-state index in [0.717, 1.165) is 64.2 Å². The Labute approximate surface area is 268 Å². The standard InChI is InChI=1S/C38H44F6O2/c1-3-5-22-46-32-21-19-30(36(42)38(32)44)29-17-16-27(33(39)35(29)41)11-8-23-6-9-24(10-7-23)25-12-14-26(15-13-25)28-18-20-31(45-4-2)37(43)34(28)40/h16-21,23-26H,3-15,22H2,1-2H3. The van der Waals surface area contributed by atoms with Crippen molar-refractivity contribution in [1.82, 2.24) is 0 Å². The number of ether oxygens (including phenoxy) is 2. The molecule has 3 aromatic carbocycles. The van der Waals surface area contributed by atoms with Crippen LogP contribution in [0.3, 0.4) is 0 Å². The summed E-state index contributed by atoms with van der Waals surface area (Å²) in [6.45, 7) is 4.21. The second kappa shape index (κ2) is 15.6. The first-order chi connectivity index (χ1) is 22.2. The molecule has 0 N–H and O–H groups in total. The quantitative estimate of drug-likeness (QED) is 0.144. The number of rotatable bonds is 12. The molecule has 2 nitrogen and oxygen atoms in total. The molecule has 0 aliphatic heterocycles. The number of benzene rings is 3. The van der Waals surface area contributed by atoms with E-state index < -0.39 is 34.9 Å². The number of unbranched alkanes of at least 4 members (excludes halogenated alkanes) is 1. The zero-order valence-corrected chi connectivity index (χ0v) is 26.8. The summed E-state index contributed by atoms with van der Waals surface area (Å²) in [7, 11) is 0. The molecule has 0 spiro atoms. The second-order valence-electron chi connectivity index (χ2n) is 13.0. The number of halogens is 6. The van der Waals surface area contributed by atoms with Crippen LogP contribution in [0.5, 0.6) is 11.5 Å². The van der Waals surface area contributed by atoms with Gasteiger partial charge < -0.3 is 9.47 Å². The second-order valence-corrected chi connectivity index (χ2v) is 13.0. The molecule has 0 bridgehead atoms. The summed E-state index contributed by atoms with van der Waals surface area (Å²) in [5.74, 6) is -5.07. The first-order valence-electron chi connectivity index (χ1n) is 16.9. The molecule has 0 heterocycles. The summed E-state index contributed by atoms with van der Waals surface area (Å²) in [5, 5.41) is 0. The molecule has 46 heavy (non-hydrogen) atoms. The molecule has 3 aromatic rings. The van der Waals surface area contributed by atoms with Crippen molar-refractivity contribution in [2.45, 2.75) is 96.8 Å². The fraction of sp³-hybridized carbons (Fsp3) is 0.526. The van der Waals surface area contributed by atoms with Crippen LogP contribution < -0.4 is 9.47 Å². The highest BCUT2D eigenvalue weighted by atomic mass is 19.2. The SMILES string of the molecule is CCCCOc1ccc(-c2ccc(CCC3CCC(C4CCC(c5ccc(OCC)c(F)c5F)CC4)CC3)c(F)c2F)c(F)c1F. The van der Waals surface area contributed by atoms with E-state index in [1.807, 2.05) is 6.92 Å². The maximum Gasteiger partial charge on any atom is 0.201 e. The van der Waals surface area contributed by atoms with Crippen LogP contribution in [0.4, 0.5) is 26.3 Å². The molecular weight excluding hydrogens is 602 g/mol. The van der Waals surface area contributed by atoms with Crippen LogP contribution in [0.2, 0.25) is 0 Å². The molecule has 8 heteroatoms. The molecule has 2 saturated carbocycles. The van der Waals surface area contributed by atoms with Crippen LogP contribution in [-0.2, 0) is 6.42 Å².